The molecule has 1 aromatic carbocycles. The van der Waals surface area contributed by atoms with E-state index in [4.69, 9.17) is 10.3 Å². The first-order valence-electron chi connectivity index (χ1n) is 6.08. The molecule has 0 aliphatic heterocycles. The highest BCUT2D eigenvalue weighted by Gasteiger charge is 2.34. The highest BCUT2D eigenvalue weighted by molar-refractivity contribution is 5.75. The van der Waals surface area contributed by atoms with Crippen LogP contribution in [0.25, 0.3) is 11.1 Å². The zero-order chi connectivity index (χ0) is 11.8. The van der Waals surface area contributed by atoms with Crippen LogP contribution >= 0.6 is 0 Å². The lowest BCUT2D eigenvalue weighted by molar-refractivity contribution is 0.358. The summed E-state index contributed by atoms with van der Waals surface area (Å²) in [5.41, 5.74) is 8.00. The predicted molar refractivity (Wildman–Crippen MR) is 67.5 cm³/mol. The second kappa shape index (κ2) is 3.91. The molecule has 1 aliphatic carbocycles. The minimum Gasteiger partial charge on any atom is -0.380 e. The summed E-state index contributed by atoms with van der Waals surface area (Å²) >= 11 is 0. The molecule has 1 aliphatic rings. The van der Waals surface area contributed by atoms with Crippen LogP contribution < -0.4 is 5.73 Å². The van der Waals surface area contributed by atoms with E-state index in [-0.39, 0.29) is 0 Å². The van der Waals surface area contributed by atoms with E-state index in [1.807, 2.05) is 30.3 Å². The molecule has 1 unspecified atom stereocenters. The van der Waals surface area contributed by atoms with Crippen LogP contribution in [0.5, 0.6) is 0 Å². The molecule has 1 atom stereocenters. The van der Waals surface area contributed by atoms with E-state index >= 15 is 0 Å². The SMILES string of the molecule is CC(c1onc(N)c1-c1ccccc1)C1CC1. The Labute approximate surface area is 101 Å². The molecule has 0 bridgehead atoms. The van der Waals surface area contributed by atoms with E-state index < -0.39 is 0 Å². The zero-order valence-corrected chi connectivity index (χ0v) is 9.89. The molecule has 0 saturated heterocycles. The summed E-state index contributed by atoms with van der Waals surface area (Å²) in [4.78, 5) is 0. The molecule has 1 heterocycles. The first-order chi connectivity index (χ1) is 8.27. The lowest BCUT2D eigenvalue weighted by atomic mass is 9.95. The molecular weight excluding hydrogens is 212 g/mol. The van der Waals surface area contributed by atoms with E-state index in [0.29, 0.717) is 11.7 Å². The van der Waals surface area contributed by atoms with E-state index in [0.717, 1.165) is 22.8 Å². The smallest absolute Gasteiger partial charge is 0.175 e. The number of benzene rings is 1. The van der Waals surface area contributed by atoms with Gasteiger partial charge in [0.05, 0.1) is 5.56 Å². The Morgan fingerprint density at radius 1 is 1.29 bits per heavy atom. The van der Waals surface area contributed by atoms with Gasteiger partial charge in [-0.05, 0) is 24.3 Å². The third-order valence-corrected chi connectivity index (χ3v) is 3.55. The van der Waals surface area contributed by atoms with Gasteiger partial charge in [-0.2, -0.15) is 0 Å². The number of rotatable bonds is 3. The fourth-order valence-corrected chi connectivity index (χ4v) is 2.33. The summed E-state index contributed by atoms with van der Waals surface area (Å²) < 4.78 is 5.44. The summed E-state index contributed by atoms with van der Waals surface area (Å²) in [6.45, 7) is 2.20. The number of hydrogen-bond acceptors (Lipinski definition) is 3. The molecular formula is C14H16N2O. The van der Waals surface area contributed by atoms with Crippen LogP contribution in [0.1, 0.15) is 31.4 Å². The number of nitrogen functional groups attached to an aromatic ring is 1. The Morgan fingerprint density at radius 3 is 2.65 bits per heavy atom. The average Bonchev–Trinajstić information content (AvgIpc) is 3.13. The number of hydrogen-bond donors (Lipinski definition) is 1. The van der Waals surface area contributed by atoms with Gasteiger partial charge in [0, 0.05) is 5.92 Å². The normalized spacial score (nSPS) is 17.0. The summed E-state index contributed by atoms with van der Waals surface area (Å²) in [6.07, 6.45) is 2.58. The molecule has 1 fully saturated rings. The largest absolute Gasteiger partial charge is 0.380 e. The Morgan fingerprint density at radius 2 is 2.00 bits per heavy atom. The van der Waals surface area contributed by atoms with Crippen molar-refractivity contribution >= 4 is 5.82 Å². The predicted octanol–water partition coefficient (Wildman–Crippen LogP) is 3.44. The molecule has 88 valence electrons. The van der Waals surface area contributed by atoms with Gasteiger partial charge in [0.25, 0.3) is 0 Å². The van der Waals surface area contributed by atoms with Crippen molar-refractivity contribution in [2.24, 2.45) is 5.92 Å². The van der Waals surface area contributed by atoms with Gasteiger partial charge in [0.2, 0.25) is 0 Å². The Bertz CT molecular complexity index is 514. The van der Waals surface area contributed by atoms with Crippen LogP contribution in [0, 0.1) is 5.92 Å². The third kappa shape index (κ3) is 1.82. The van der Waals surface area contributed by atoms with Crippen LogP contribution in [0.15, 0.2) is 34.9 Å². The average molecular weight is 228 g/mol. The van der Waals surface area contributed by atoms with Crippen LogP contribution in [0.4, 0.5) is 5.82 Å². The molecule has 0 amide bonds. The molecule has 0 spiro atoms. The molecule has 17 heavy (non-hydrogen) atoms. The van der Waals surface area contributed by atoms with Gasteiger partial charge >= 0.3 is 0 Å². The van der Waals surface area contributed by atoms with Gasteiger partial charge in [-0.3, -0.25) is 0 Å². The molecule has 3 heteroatoms. The maximum atomic E-state index is 5.93. The number of aromatic nitrogens is 1. The van der Waals surface area contributed by atoms with Crippen molar-refractivity contribution in [2.75, 3.05) is 5.73 Å². The highest BCUT2D eigenvalue weighted by atomic mass is 16.5. The summed E-state index contributed by atoms with van der Waals surface area (Å²) in [5, 5.41) is 3.93. The monoisotopic (exact) mass is 228 g/mol. The van der Waals surface area contributed by atoms with Crippen molar-refractivity contribution < 1.29 is 4.52 Å². The van der Waals surface area contributed by atoms with Crippen LogP contribution in [-0.4, -0.2) is 5.16 Å². The van der Waals surface area contributed by atoms with Crippen molar-refractivity contribution in [2.45, 2.75) is 25.7 Å². The van der Waals surface area contributed by atoms with Gasteiger partial charge in [-0.15, -0.1) is 0 Å². The quantitative estimate of drug-likeness (QED) is 0.875. The van der Waals surface area contributed by atoms with Gasteiger partial charge in [0.1, 0.15) is 5.76 Å². The van der Waals surface area contributed by atoms with E-state index in [1.165, 1.54) is 12.8 Å². The molecule has 2 N–H and O–H groups in total. The van der Waals surface area contributed by atoms with Crippen molar-refractivity contribution in [3.63, 3.8) is 0 Å². The second-order valence-corrected chi connectivity index (χ2v) is 4.80. The van der Waals surface area contributed by atoms with Gasteiger partial charge in [-0.25, -0.2) is 0 Å². The van der Waals surface area contributed by atoms with Crippen LogP contribution in [0.3, 0.4) is 0 Å². The Hall–Kier alpha value is -1.77. The maximum absolute atomic E-state index is 5.93. The van der Waals surface area contributed by atoms with Crippen LogP contribution in [-0.2, 0) is 0 Å². The number of nitrogens with two attached hydrogens (primary N) is 1. The highest BCUT2D eigenvalue weighted by Crippen LogP contribution is 2.46. The van der Waals surface area contributed by atoms with Crippen molar-refractivity contribution in [1.82, 2.24) is 5.16 Å². The molecule has 0 radical (unpaired) electrons. The van der Waals surface area contributed by atoms with Gasteiger partial charge < -0.3 is 10.3 Å². The summed E-state index contributed by atoms with van der Waals surface area (Å²) in [5.74, 6) is 2.59. The van der Waals surface area contributed by atoms with Crippen molar-refractivity contribution in [3.8, 4) is 11.1 Å². The molecule has 1 aromatic heterocycles. The standard InChI is InChI=1S/C14H16N2O/c1-9(10-7-8-10)13-12(14(15)16-17-13)11-5-3-2-4-6-11/h2-6,9-10H,7-8H2,1H3,(H2,15,16). The first-order valence-corrected chi connectivity index (χ1v) is 6.08. The zero-order valence-electron chi connectivity index (χ0n) is 9.89. The summed E-state index contributed by atoms with van der Waals surface area (Å²) in [7, 11) is 0. The lowest BCUT2D eigenvalue weighted by Gasteiger charge is -2.08. The molecule has 3 rings (SSSR count). The topological polar surface area (TPSA) is 52.0 Å². The Balaban J connectivity index is 2.06. The first kappa shape index (κ1) is 10.4. The number of anilines is 1. The van der Waals surface area contributed by atoms with Crippen molar-refractivity contribution in [3.05, 3.63) is 36.1 Å². The minimum atomic E-state index is 0.412. The van der Waals surface area contributed by atoms with E-state index in [1.54, 1.807) is 0 Å². The van der Waals surface area contributed by atoms with Gasteiger partial charge in [-0.1, -0.05) is 42.4 Å². The fourth-order valence-electron chi connectivity index (χ4n) is 2.33. The third-order valence-electron chi connectivity index (χ3n) is 3.55. The van der Waals surface area contributed by atoms with E-state index in [2.05, 4.69) is 12.1 Å². The fraction of sp³-hybridized carbons (Fsp3) is 0.357. The van der Waals surface area contributed by atoms with Gasteiger partial charge in [0.15, 0.2) is 5.82 Å². The molecule has 2 aromatic rings. The molecule has 1 saturated carbocycles. The lowest BCUT2D eigenvalue weighted by Crippen LogP contribution is -1.97. The molecule has 3 nitrogen and oxygen atoms in total. The number of nitrogens with zero attached hydrogens (tertiary/aromatic N) is 1. The second-order valence-electron chi connectivity index (χ2n) is 4.80. The minimum absolute atomic E-state index is 0.412. The van der Waals surface area contributed by atoms with Crippen molar-refractivity contribution in [1.29, 1.82) is 0 Å². The maximum Gasteiger partial charge on any atom is 0.175 e. The van der Waals surface area contributed by atoms with Crippen LogP contribution in [0.2, 0.25) is 0 Å². The summed E-state index contributed by atoms with van der Waals surface area (Å²) in [6, 6.07) is 10.1. The Kier molecular flexibility index (Phi) is 2.39. The van der Waals surface area contributed by atoms with E-state index in [9.17, 15) is 0 Å².